The van der Waals surface area contributed by atoms with Crippen molar-refractivity contribution in [2.45, 2.75) is 0 Å². The van der Waals surface area contributed by atoms with Crippen LogP contribution in [0.4, 0.5) is 0 Å². The van der Waals surface area contributed by atoms with Crippen molar-refractivity contribution in [2.75, 3.05) is 7.11 Å². The van der Waals surface area contributed by atoms with Gasteiger partial charge in [-0.2, -0.15) is 0 Å². The number of para-hydroxylation sites is 2. The summed E-state index contributed by atoms with van der Waals surface area (Å²) in [5.41, 5.74) is 5.66. The third-order valence-corrected chi connectivity index (χ3v) is 6.94. The smallest absolute Gasteiger partial charge is 0.344 e. The SMILES string of the molecule is COc1cccc2c(=O)oc3cc(-c4ccc5c(c4)c4ccccc4n5-c4ccccc4)ccc3c12. The molecule has 2 aromatic heterocycles. The van der Waals surface area contributed by atoms with Crippen molar-refractivity contribution in [3.8, 4) is 22.6 Å². The highest BCUT2D eigenvalue weighted by Gasteiger charge is 2.15. The predicted octanol–water partition coefficient (Wildman–Crippen LogP) is 7.72. The molecule has 0 radical (unpaired) electrons. The fourth-order valence-corrected chi connectivity index (χ4v) is 5.30. The fraction of sp³-hybridized carbons (Fsp3) is 0.0312. The summed E-state index contributed by atoms with van der Waals surface area (Å²) in [5.74, 6) is 0.660. The highest BCUT2D eigenvalue weighted by molar-refractivity contribution is 6.11. The number of methoxy groups -OCH3 is 1. The van der Waals surface area contributed by atoms with Crippen LogP contribution < -0.4 is 10.4 Å². The summed E-state index contributed by atoms with van der Waals surface area (Å²) in [6, 6.07) is 36.9. The second-order valence-electron chi connectivity index (χ2n) is 8.90. The topological polar surface area (TPSA) is 44.4 Å². The Hall–Kier alpha value is -4.83. The molecule has 4 heteroatoms. The minimum absolute atomic E-state index is 0.366. The Bertz CT molecular complexity index is 2000. The lowest BCUT2D eigenvalue weighted by atomic mass is 9.99. The Labute approximate surface area is 206 Å². The zero-order valence-electron chi connectivity index (χ0n) is 19.6. The standard InChI is InChI=1S/C32H21NO3/c1-35-29-13-7-11-25-31(29)24-16-14-21(19-30(24)36-32(25)34)20-15-17-28-26(18-20)23-10-5-6-12-27(23)33(28)22-8-3-2-4-9-22/h2-19H,1H3. The molecule has 0 unspecified atom stereocenters. The molecule has 7 rings (SSSR count). The van der Waals surface area contributed by atoms with Crippen molar-refractivity contribution in [1.82, 2.24) is 4.57 Å². The van der Waals surface area contributed by atoms with Crippen LogP contribution in [0.15, 0.2) is 118 Å². The summed E-state index contributed by atoms with van der Waals surface area (Å²) in [5, 5.41) is 4.52. The summed E-state index contributed by atoms with van der Waals surface area (Å²) in [6.07, 6.45) is 0. The van der Waals surface area contributed by atoms with Crippen LogP contribution in [0.2, 0.25) is 0 Å². The number of rotatable bonds is 3. The monoisotopic (exact) mass is 467 g/mol. The molecule has 5 aromatic carbocycles. The number of fused-ring (bicyclic) bond motifs is 6. The van der Waals surface area contributed by atoms with Crippen molar-refractivity contribution in [2.24, 2.45) is 0 Å². The molecule has 172 valence electrons. The molecule has 0 spiro atoms. The number of ether oxygens (including phenoxy) is 1. The van der Waals surface area contributed by atoms with Gasteiger partial charge in [0.15, 0.2) is 0 Å². The lowest BCUT2D eigenvalue weighted by molar-refractivity contribution is 0.420. The van der Waals surface area contributed by atoms with Crippen LogP contribution in [0.1, 0.15) is 0 Å². The van der Waals surface area contributed by atoms with Crippen LogP contribution in [0.25, 0.3) is 60.4 Å². The summed E-state index contributed by atoms with van der Waals surface area (Å²) >= 11 is 0. The van der Waals surface area contributed by atoms with Gasteiger partial charge in [-0.05, 0) is 65.7 Å². The first kappa shape index (κ1) is 20.5. The third kappa shape index (κ3) is 2.98. The summed E-state index contributed by atoms with van der Waals surface area (Å²) < 4.78 is 13.6. The average molecular weight is 468 g/mol. The first-order valence-electron chi connectivity index (χ1n) is 11.9. The molecule has 0 saturated carbocycles. The van der Waals surface area contributed by atoms with E-state index in [2.05, 4.69) is 77.4 Å². The predicted molar refractivity (Wildman–Crippen MR) is 146 cm³/mol. The number of benzene rings is 5. The number of hydrogen-bond acceptors (Lipinski definition) is 3. The maximum absolute atomic E-state index is 12.7. The van der Waals surface area contributed by atoms with E-state index in [-0.39, 0.29) is 5.63 Å². The first-order chi connectivity index (χ1) is 17.7. The van der Waals surface area contributed by atoms with E-state index in [1.807, 2.05) is 24.3 Å². The Morgan fingerprint density at radius 3 is 2.22 bits per heavy atom. The maximum atomic E-state index is 12.7. The molecule has 0 aliphatic carbocycles. The Balaban J connectivity index is 1.47. The molecule has 0 N–H and O–H groups in total. The minimum Gasteiger partial charge on any atom is -0.496 e. The van der Waals surface area contributed by atoms with Gasteiger partial charge in [-0.25, -0.2) is 4.79 Å². The molecule has 0 saturated heterocycles. The maximum Gasteiger partial charge on any atom is 0.344 e. The van der Waals surface area contributed by atoms with Gasteiger partial charge in [0.25, 0.3) is 0 Å². The Morgan fingerprint density at radius 2 is 1.36 bits per heavy atom. The third-order valence-electron chi connectivity index (χ3n) is 6.94. The highest BCUT2D eigenvalue weighted by atomic mass is 16.5. The van der Waals surface area contributed by atoms with Crippen molar-refractivity contribution >= 4 is 43.5 Å². The van der Waals surface area contributed by atoms with Crippen LogP contribution in [0.3, 0.4) is 0 Å². The van der Waals surface area contributed by atoms with Crippen molar-refractivity contribution in [3.05, 3.63) is 120 Å². The Morgan fingerprint density at radius 1 is 0.639 bits per heavy atom. The van der Waals surface area contributed by atoms with Gasteiger partial charge < -0.3 is 13.7 Å². The zero-order chi connectivity index (χ0) is 24.2. The van der Waals surface area contributed by atoms with Gasteiger partial charge in [0.1, 0.15) is 11.3 Å². The number of hydrogen-bond donors (Lipinski definition) is 0. The Kier molecular flexibility index (Phi) is 4.48. The van der Waals surface area contributed by atoms with Crippen LogP contribution in [0.5, 0.6) is 5.75 Å². The molecule has 0 bridgehead atoms. The molecule has 0 aliphatic rings. The first-order valence-corrected chi connectivity index (χ1v) is 11.9. The summed E-state index contributed by atoms with van der Waals surface area (Å²) in [4.78, 5) is 12.7. The van der Waals surface area contributed by atoms with Crippen LogP contribution in [0, 0.1) is 0 Å². The van der Waals surface area contributed by atoms with Gasteiger partial charge in [0.05, 0.1) is 23.5 Å². The number of nitrogens with zero attached hydrogens (tertiary/aromatic N) is 1. The summed E-state index contributed by atoms with van der Waals surface area (Å²) in [6.45, 7) is 0. The molecule has 0 fully saturated rings. The van der Waals surface area contributed by atoms with Gasteiger partial charge in [0.2, 0.25) is 0 Å². The van der Waals surface area contributed by atoms with E-state index in [0.29, 0.717) is 16.7 Å². The van der Waals surface area contributed by atoms with Crippen molar-refractivity contribution < 1.29 is 9.15 Å². The zero-order valence-corrected chi connectivity index (χ0v) is 19.6. The van der Waals surface area contributed by atoms with E-state index in [0.717, 1.165) is 33.1 Å². The van der Waals surface area contributed by atoms with Gasteiger partial charge in [-0.1, -0.05) is 54.6 Å². The second-order valence-corrected chi connectivity index (χ2v) is 8.90. The van der Waals surface area contributed by atoms with E-state index in [1.54, 1.807) is 19.2 Å². The van der Waals surface area contributed by atoms with E-state index in [1.165, 1.54) is 16.3 Å². The molecule has 2 heterocycles. The van der Waals surface area contributed by atoms with Crippen molar-refractivity contribution in [3.63, 3.8) is 0 Å². The van der Waals surface area contributed by atoms with Gasteiger partial charge in [0, 0.05) is 27.2 Å². The van der Waals surface area contributed by atoms with E-state index >= 15 is 0 Å². The van der Waals surface area contributed by atoms with E-state index in [9.17, 15) is 4.79 Å². The van der Waals surface area contributed by atoms with Crippen LogP contribution in [-0.2, 0) is 0 Å². The van der Waals surface area contributed by atoms with Crippen molar-refractivity contribution in [1.29, 1.82) is 0 Å². The quantitative estimate of drug-likeness (QED) is 0.197. The lowest BCUT2D eigenvalue weighted by Gasteiger charge is -2.10. The van der Waals surface area contributed by atoms with Gasteiger partial charge in [-0.3, -0.25) is 0 Å². The number of aromatic nitrogens is 1. The average Bonchev–Trinajstić information content (AvgIpc) is 3.26. The minimum atomic E-state index is -0.366. The summed E-state index contributed by atoms with van der Waals surface area (Å²) in [7, 11) is 1.62. The molecule has 0 aliphatic heterocycles. The molecule has 36 heavy (non-hydrogen) atoms. The van der Waals surface area contributed by atoms with Crippen LogP contribution in [-0.4, -0.2) is 11.7 Å². The van der Waals surface area contributed by atoms with Crippen LogP contribution >= 0.6 is 0 Å². The molecule has 4 nitrogen and oxygen atoms in total. The van der Waals surface area contributed by atoms with Gasteiger partial charge in [-0.15, -0.1) is 0 Å². The lowest BCUT2D eigenvalue weighted by Crippen LogP contribution is -2.01. The highest BCUT2D eigenvalue weighted by Crippen LogP contribution is 2.37. The largest absolute Gasteiger partial charge is 0.496 e. The van der Waals surface area contributed by atoms with E-state index in [4.69, 9.17) is 9.15 Å². The molecule has 7 aromatic rings. The van der Waals surface area contributed by atoms with Gasteiger partial charge >= 0.3 is 5.63 Å². The molecule has 0 atom stereocenters. The molecule has 0 amide bonds. The molecular formula is C32H21NO3. The fourth-order valence-electron chi connectivity index (χ4n) is 5.30. The second kappa shape index (κ2) is 7.85. The molecular weight excluding hydrogens is 446 g/mol. The van der Waals surface area contributed by atoms with E-state index < -0.39 is 0 Å². The normalized spacial score (nSPS) is 11.6.